The molecule has 6 heteroatoms. The molecule has 2 heterocycles. The summed E-state index contributed by atoms with van der Waals surface area (Å²) in [4.78, 5) is 13.6. The van der Waals surface area contributed by atoms with Crippen molar-refractivity contribution >= 4 is 0 Å². The van der Waals surface area contributed by atoms with E-state index in [4.69, 9.17) is 14.5 Å². The fourth-order valence-electron chi connectivity index (χ4n) is 5.51. The number of H-pyrrole nitrogens is 1. The van der Waals surface area contributed by atoms with E-state index in [-0.39, 0.29) is 12.1 Å². The van der Waals surface area contributed by atoms with Gasteiger partial charge in [-0.15, -0.1) is 0 Å². The van der Waals surface area contributed by atoms with Gasteiger partial charge in [-0.25, -0.2) is 4.98 Å². The molecule has 0 radical (unpaired) electrons. The number of benzene rings is 3. The molecular formula is C31H36N4O2. The van der Waals surface area contributed by atoms with E-state index in [1.807, 2.05) is 30.3 Å². The predicted molar refractivity (Wildman–Crippen MR) is 148 cm³/mol. The van der Waals surface area contributed by atoms with Crippen LogP contribution in [0, 0.1) is 6.92 Å². The van der Waals surface area contributed by atoms with Crippen LogP contribution in [0.2, 0.25) is 0 Å². The molecule has 37 heavy (non-hydrogen) atoms. The SMILES string of the molecule is COc1ccccc1C(c1ccccc1OC)N1CCN(C(C)c2nc(-c3ccccc3)[nH]c2C)CC1. The number of rotatable bonds is 8. The Morgan fingerprint density at radius 1 is 0.730 bits per heavy atom. The van der Waals surface area contributed by atoms with Crippen molar-refractivity contribution in [3.63, 3.8) is 0 Å². The number of aryl methyl sites for hydroxylation is 1. The molecule has 1 aliphatic heterocycles. The molecule has 5 rings (SSSR count). The van der Waals surface area contributed by atoms with Gasteiger partial charge in [-0.05, 0) is 26.0 Å². The Morgan fingerprint density at radius 3 is 1.81 bits per heavy atom. The maximum absolute atomic E-state index is 5.79. The second kappa shape index (κ2) is 11.2. The largest absolute Gasteiger partial charge is 0.496 e. The number of hydrogen-bond donors (Lipinski definition) is 1. The molecule has 1 N–H and O–H groups in total. The van der Waals surface area contributed by atoms with E-state index in [2.05, 4.69) is 77.2 Å². The monoisotopic (exact) mass is 496 g/mol. The van der Waals surface area contributed by atoms with Crippen LogP contribution < -0.4 is 9.47 Å². The molecule has 6 nitrogen and oxygen atoms in total. The first-order chi connectivity index (χ1) is 18.1. The summed E-state index contributed by atoms with van der Waals surface area (Å²) in [6, 6.07) is 27.3. The average Bonchev–Trinajstić information content (AvgIpc) is 3.35. The molecule has 1 aromatic heterocycles. The van der Waals surface area contributed by atoms with E-state index < -0.39 is 0 Å². The van der Waals surface area contributed by atoms with Gasteiger partial charge in [0.25, 0.3) is 0 Å². The summed E-state index contributed by atoms with van der Waals surface area (Å²) < 4.78 is 11.6. The zero-order valence-corrected chi connectivity index (χ0v) is 22.1. The molecule has 0 bridgehead atoms. The van der Waals surface area contributed by atoms with Crippen LogP contribution in [-0.2, 0) is 0 Å². The molecule has 1 unspecified atom stereocenters. The van der Waals surface area contributed by atoms with Crippen LogP contribution in [-0.4, -0.2) is 60.2 Å². The number of nitrogens with one attached hydrogen (secondary N) is 1. The van der Waals surface area contributed by atoms with E-state index in [0.717, 1.165) is 71.6 Å². The number of methoxy groups -OCH3 is 2. The first kappa shape index (κ1) is 25.1. The Balaban J connectivity index is 1.38. The smallest absolute Gasteiger partial charge is 0.137 e. The van der Waals surface area contributed by atoms with Gasteiger partial charge < -0.3 is 14.5 Å². The predicted octanol–water partition coefficient (Wildman–Crippen LogP) is 5.87. The Labute approximate surface area is 219 Å². The number of nitrogens with zero attached hydrogens (tertiary/aromatic N) is 3. The summed E-state index contributed by atoms with van der Waals surface area (Å²) in [5, 5.41) is 0. The third-order valence-corrected chi connectivity index (χ3v) is 7.49. The van der Waals surface area contributed by atoms with Crippen LogP contribution in [0.4, 0.5) is 0 Å². The van der Waals surface area contributed by atoms with Gasteiger partial charge >= 0.3 is 0 Å². The van der Waals surface area contributed by atoms with Crippen molar-refractivity contribution in [1.29, 1.82) is 0 Å². The fourth-order valence-corrected chi connectivity index (χ4v) is 5.51. The Bertz CT molecular complexity index is 1260. The van der Waals surface area contributed by atoms with Crippen molar-refractivity contribution in [2.45, 2.75) is 25.9 Å². The van der Waals surface area contributed by atoms with Crippen LogP contribution >= 0.6 is 0 Å². The maximum atomic E-state index is 5.79. The Kier molecular flexibility index (Phi) is 7.58. The highest BCUT2D eigenvalue weighted by molar-refractivity contribution is 5.55. The van der Waals surface area contributed by atoms with Gasteiger partial charge in [-0.3, -0.25) is 9.80 Å². The topological polar surface area (TPSA) is 53.6 Å². The summed E-state index contributed by atoms with van der Waals surface area (Å²) in [7, 11) is 3.49. The number of hydrogen-bond acceptors (Lipinski definition) is 5. The standard InChI is InChI=1S/C31H36N4O2/c1-22-29(33-31(32-22)24-12-6-5-7-13-24)23(2)34-18-20-35(21-19-34)30(25-14-8-10-16-27(25)36-3)26-15-9-11-17-28(26)37-4/h5-17,23,30H,18-21H2,1-4H3,(H,32,33). The lowest BCUT2D eigenvalue weighted by Gasteiger charge is -2.42. The Morgan fingerprint density at radius 2 is 1.24 bits per heavy atom. The van der Waals surface area contributed by atoms with Crippen LogP contribution in [0.1, 0.15) is 41.5 Å². The third-order valence-electron chi connectivity index (χ3n) is 7.49. The van der Waals surface area contributed by atoms with Crippen LogP contribution in [0.5, 0.6) is 11.5 Å². The minimum absolute atomic E-state index is 0.0431. The summed E-state index contributed by atoms with van der Waals surface area (Å²) in [6.07, 6.45) is 0. The number of imidazole rings is 1. The quantitative estimate of drug-likeness (QED) is 0.331. The van der Waals surface area contributed by atoms with Crippen molar-refractivity contribution in [1.82, 2.24) is 19.8 Å². The fraction of sp³-hybridized carbons (Fsp3) is 0.323. The normalized spacial score (nSPS) is 15.6. The second-order valence-corrected chi connectivity index (χ2v) is 9.60. The molecule has 1 atom stereocenters. The van der Waals surface area contributed by atoms with Gasteiger partial charge in [0.1, 0.15) is 17.3 Å². The van der Waals surface area contributed by atoms with E-state index in [1.54, 1.807) is 14.2 Å². The first-order valence-electron chi connectivity index (χ1n) is 13.0. The average molecular weight is 497 g/mol. The number of aromatic nitrogens is 2. The van der Waals surface area contributed by atoms with Crippen LogP contribution in [0.3, 0.4) is 0 Å². The number of piperazine rings is 1. The molecular weight excluding hydrogens is 460 g/mol. The molecule has 0 saturated carbocycles. The zero-order valence-electron chi connectivity index (χ0n) is 22.1. The summed E-state index contributed by atoms with van der Waals surface area (Å²) >= 11 is 0. The molecule has 3 aromatic carbocycles. The molecule has 4 aromatic rings. The molecule has 1 saturated heterocycles. The minimum Gasteiger partial charge on any atom is -0.496 e. The van der Waals surface area contributed by atoms with Crippen molar-refractivity contribution in [2.24, 2.45) is 0 Å². The van der Waals surface area contributed by atoms with E-state index >= 15 is 0 Å². The zero-order chi connectivity index (χ0) is 25.8. The van der Waals surface area contributed by atoms with E-state index in [9.17, 15) is 0 Å². The molecule has 0 spiro atoms. The van der Waals surface area contributed by atoms with Crippen molar-refractivity contribution in [3.05, 3.63) is 101 Å². The number of para-hydroxylation sites is 2. The van der Waals surface area contributed by atoms with Gasteiger partial charge in [0.15, 0.2) is 0 Å². The van der Waals surface area contributed by atoms with Crippen LogP contribution in [0.15, 0.2) is 78.9 Å². The first-order valence-corrected chi connectivity index (χ1v) is 13.0. The summed E-state index contributed by atoms with van der Waals surface area (Å²) in [5.41, 5.74) is 5.69. The van der Waals surface area contributed by atoms with E-state index in [0.29, 0.717) is 0 Å². The third kappa shape index (κ3) is 5.13. The van der Waals surface area contributed by atoms with Gasteiger partial charge in [-0.1, -0.05) is 66.7 Å². The van der Waals surface area contributed by atoms with Crippen molar-refractivity contribution in [2.75, 3.05) is 40.4 Å². The van der Waals surface area contributed by atoms with Gasteiger partial charge in [0, 0.05) is 48.6 Å². The second-order valence-electron chi connectivity index (χ2n) is 9.60. The lowest BCUT2D eigenvalue weighted by Crippen LogP contribution is -2.48. The number of aromatic amines is 1. The summed E-state index contributed by atoms with van der Waals surface area (Å²) in [5.74, 6) is 2.73. The molecule has 0 aliphatic carbocycles. The highest BCUT2D eigenvalue weighted by atomic mass is 16.5. The van der Waals surface area contributed by atoms with Crippen LogP contribution in [0.25, 0.3) is 11.4 Å². The summed E-state index contributed by atoms with van der Waals surface area (Å²) in [6.45, 7) is 8.16. The minimum atomic E-state index is 0.0431. The lowest BCUT2D eigenvalue weighted by molar-refractivity contribution is 0.0812. The highest BCUT2D eigenvalue weighted by Crippen LogP contribution is 2.39. The molecule has 1 fully saturated rings. The number of ether oxygens (including phenoxy) is 2. The molecule has 0 amide bonds. The van der Waals surface area contributed by atoms with Gasteiger partial charge in [-0.2, -0.15) is 0 Å². The van der Waals surface area contributed by atoms with Gasteiger partial charge in [0.2, 0.25) is 0 Å². The lowest BCUT2D eigenvalue weighted by atomic mass is 9.94. The molecule has 1 aliphatic rings. The van der Waals surface area contributed by atoms with Gasteiger partial charge in [0.05, 0.1) is 32.0 Å². The highest BCUT2D eigenvalue weighted by Gasteiger charge is 2.32. The Hall–Kier alpha value is -3.61. The molecule has 192 valence electrons. The van der Waals surface area contributed by atoms with Crippen molar-refractivity contribution < 1.29 is 9.47 Å². The van der Waals surface area contributed by atoms with E-state index in [1.165, 1.54) is 0 Å². The van der Waals surface area contributed by atoms with Crippen molar-refractivity contribution in [3.8, 4) is 22.9 Å². The maximum Gasteiger partial charge on any atom is 0.137 e.